The van der Waals surface area contributed by atoms with Crippen LogP contribution in [0.1, 0.15) is 44.8 Å². The molecule has 0 aliphatic rings. The van der Waals surface area contributed by atoms with Crippen molar-refractivity contribution in [1.29, 1.82) is 0 Å². The summed E-state index contributed by atoms with van der Waals surface area (Å²) in [5, 5.41) is 12.9. The summed E-state index contributed by atoms with van der Waals surface area (Å²) in [5.41, 5.74) is 0.874. The summed E-state index contributed by atoms with van der Waals surface area (Å²) in [4.78, 5) is 0. The molecule has 0 radical (unpaired) electrons. The van der Waals surface area contributed by atoms with E-state index >= 15 is 0 Å². The number of aliphatic hydroxyl groups is 1. The van der Waals surface area contributed by atoms with Crippen LogP contribution in [0, 0.1) is 5.41 Å². The van der Waals surface area contributed by atoms with Crippen molar-refractivity contribution in [1.82, 2.24) is 5.16 Å². The predicted octanol–water partition coefficient (Wildman–Crippen LogP) is 2.69. The molecule has 1 aromatic heterocycles. The molecule has 0 spiro atoms. The summed E-state index contributed by atoms with van der Waals surface area (Å²) < 4.78 is 11.4. The first-order chi connectivity index (χ1) is 8.34. The highest BCUT2D eigenvalue weighted by molar-refractivity contribution is 6.48. The Hall–Kier alpha value is -0.653. The average molecular weight is 271 g/mol. The van der Waals surface area contributed by atoms with Gasteiger partial charge in [-0.1, -0.05) is 25.9 Å². The van der Waals surface area contributed by atoms with Crippen LogP contribution in [0.25, 0.3) is 0 Å². The van der Waals surface area contributed by atoms with Crippen molar-refractivity contribution in [3.05, 3.63) is 17.5 Å². The fourth-order valence-electron chi connectivity index (χ4n) is 1.81. The molecule has 1 aromatic rings. The van der Waals surface area contributed by atoms with Gasteiger partial charge >= 0.3 is 0 Å². The summed E-state index contributed by atoms with van der Waals surface area (Å²) in [6.07, 6.45) is 1.41. The monoisotopic (exact) mass is 271 g/mol. The second-order valence-electron chi connectivity index (χ2n) is 5.98. The van der Waals surface area contributed by atoms with Crippen LogP contribution >= 0.6 is 0 Å². The summed E-state index contributed by atoms with van der Waals surface area (Å²) in [6.45, 7) is 10.9. The number of aryl methyl sites for hydroxylation is 1. The zero-order valence-electron chi connectivity index (χ0n) is 12.1. The molecule has 1 rings (SSSR count). The Kier molecular flexibility index (Phi) is 5.56. The summed E-state index contributed by atoms with van der Waals surface area (Å²) in [6, 6.07) is 1.96. The van der Waals surface area contributed by atoms with E-state index in [0.29, 0.717) is 6.42 Å². The van der Waals surface area contributed by atoms with Crippen LogP contribution in [-0.4, -0.2) is 25.9 Å². The van der Waals surface area contributed by atoms with Gasteiger partial charge in [0.2, 0.25) is 0 Å². The predicted molar refractivity (Wildman–Crippen MR) is 74.1 cm³/mol. The molecule has 18 heavy (non-hydrogen) atoms. The Balaban J connectivity index is 2.82. The van der Waals surface area contributed by atoms with Crippen molar-refractivity contribution < 1.29 is 14.1 Å². The van der Waals surface area contributed by atoms with E-state index in [1.54, 1.807) is 0 Å². The summed E-state index contributed by atoms with van der Waals surface area (Å²) in [5.74, 6) is 0.822. The molecule has 1 unspecified atom stereocenters. The maximum atomic E-state index is 8.81. The molecule has 0 amide bonds. The van der Waals surface area contributed by atoms with Gasteiger partial charge in [-0.3, -0.25) is 0 Å². The van der Waals surface area contributed by atoms with E-state index in [1.165, 1.54) is 0 Å². The fraction of sp³-hybridized carbons (Fsp3) is 0.769. The SMILES string of the molecule is C[SiH](C)OC(c1cc(CCCO)on1)C(C)(C)C. The van der Waals surface area contributed by atoms with Gasteiger partial charge in [-0.25, -0.2) is 0 Å². The molecule has 0 aliphatic carbocycles. The Bertz CT molecular complexity index is 357. The average Bonchev–Trinajstić information content (AvgIpc) is 2.69. The molecule has 0 saturated carbocycles. The number of aliphatic hydroxyl groups excluding tert-OH is 1. The number of rotatable bonds is 6. The zero-order chi connectivity index (χ0) is 13.8. The van der Waals surface area contributed by atoms with E-state index < -0.39 is 9.04 Å². The van der Waals surface area contributed by atoms with Gasteiger partial charge in [0.05, 0.1) is 6.10 Å². The Morgan fingerprint density at radius 1 is 1.44 bits per heavy atom. The van der Waals surface area contributed by atoms with Crippen LogP contribution in [0.3, 0.4) is 0 Å². The first kappa shape index (κ1) is 15.4. The van der Waals surface area contributed by atoms with Crippen molar-refractivity contribution in [3.8, 4) is 0 Å². The van der Waals surface area contributed by atoms with E-state index in [4.69, 9.17) is 14.1 Å². The van der Waals surface area contributed by atoms with E-state index in [0.717, 1.165) is 17.9 Å². The van der Waals surface area contributed by atoms with Gasteiger partial charge in [0, 0.05) is 19.1 Å². The molecule has 0 fully saturated rings. The van der Waals surface area contributed by atoms with Gasteiger partial charge in [-0.15, -0.1) is 0 Å². The quantitative estimate of drug-likeness (QED) is 0.808. The van der Waals surface area contributed by atoms with E-state index in [9.17, 15) is 0 Å². The van der Waals surface area contributed by atoms with Crippen LogP contribution in [-0.2, 0) is 10.8 Å². The Morgan fingerprint density at radius 2 is 2.11 bits per heavy atom. The second kappa shape index (κ2) is 6.50. The molecule has 0 aromatic carbocycles. The highest BCUT2D eigenvalue weighted by Gasteiger charge is 2.30. The van der Waals surface area contributed by atoms with E-state index in [2.05, 4.69) is 39.0 Å². The van der Waals surface area contributed by atoms with Gasteiger partial charge in [0.1, 0.15) is 11.5 Å². The molecule has 0 bridgehead atoms. The van der Waals surface area contributed by atoms with Crippen molar-refractivity contribution in [2.45, 2.75) is 52.8 Å². The molecule has 4 nitrogen and oxygen atoms in total. The summed E-state index contributed by atoms with van der Waals surface area (Å²) in [7, 11) is -1.13. The standard InChI is InChI=1S/C13H25NO3Si/c1-13(2,3)12(17-18(4)5)11-9-10(16-14-11)7-6-8-15/h9,12,15,18H,6-8H2,1-5H3. The first-order valence-corrected chi connectivity index (χ1v) is 9.34. The largest absolute Gasteiger partial charge is 0.411 e. The molecule has 0 aliphatic heterocycles. The van der Waals surface area contributed by atoms with Gasteiger partial charge in [-0.05, 0) is 24.9 Å². The lowest BCUT2D eigenvalue weighted by Crippen LogP contribution is -2.26. The highest BCUT2D eigenvalue weighted by atomic mass is 28.3. The first-order valence-electron chi connectivity index (χ1n) is 6.56. The lowest BCUT2D eigenvalue weighted by molar-refractivity contribution is 0.0794. The molecule has 0 saturated heterocycles. The number of hydrogen-bond donors (Lipinski definition) is 1. The summed E-state index contributed by atoms with van der Waals surface area (Å²) >= 11 is 0. The van der Waals surface area contributed by atoms with Crippen LogP contribution < -0.4 is 0 Å². The van der Waals surface area contributed by atoms with Crippen molar-refractivity contribution in [2.75, 3.05) is 6.61 Å². The normalized spacial score (nSPS) is 14.2. The van der Waals surface area contributed by atoms with Crippen molar-refractivity contribution in [2.24, 2.45) is 5.41 Å². The molecule has 1 N–H and O–H groups in total. The van der Waals surface area contributed by atoms with Gasteiger partial charge < -0.3 is 14.1 Å². The van der Waals surface area contributed by atoms with Crippen LogP contribution in [0.4, 0.5) is 0 Å². The molecule has 104 valence electrons. The van der Waals surface area contributed by atoms with E-state index in [1.807, 2.05) is 6.07 Å². The van der Waals surface area contributed by atoms with Crippen molar-refractivity contribution in [3.63, 3.8) is 0 Å². The van der Waals surface area contributed by atoms with Gasteiger partial charge in [0.15, 0.2) is 9.04 Å². The maximum absolute atomic E-state index is 8.81. The van der Waals surface area contributed by atoms with Gasteiger partial charge in [0.25, 0.3) is 0 Å². The second-order valence-corrected chi connectivity index (χ2v) is 8.35. The van der Waals surface area contributed by atoms with E-state index in [-0.39, 0.29) is 18.1 Å². The molecular weight excluding hydrogens is 246 g/mol. The van der Waals surface area contributed by atoms with Gasteiger partial charge in [-0.2, -0.15) is 0 Å². The highest BCUT2D eigenvalue weighted by Crippen LogP contribution is 2.36. The minimum absolute atomic E-state index is 0.00237. The Labute approximate surface area is 111 Å². The Morgan fingerprint density at radius 3 is 2.61 bits per heavy atom. The molecule has 5 heteroatoms. The molecule has 1 heterocycles. The lowest BCUT2D eigenvalue weighted by Gasteiger charge is -2.30. The van der Waals surface area contributed by atoms with Crippen LogP contribution in [0.2, 0.25) is 13.1 Å². The molecular formula is C13H25NO3Si. The minimum Gasteiger partial charge on any atom is -0.411 e. The number of nitrogens with zero attached hydrogens (tertiary/aromatic N) is 1. The van der Waals surface area contributed by atoms with Crippen LogP contribution in [0.5, 0.6) is 0 Å². The third kappa shape index (κ3) is 4.55. The lowest BCUT2D eigenvalue weighted by atomic mass is 9.87. The van der Waals surface area contributed by atoms with Crippen molar-refractivity contribution >= 4 is 9.04 Å². The van der Waals surface area contributed by atoms with Crippen LogP contribution in [0.15, 0.2) is 10.6 Å². The third-order valence-electron chi connectivity index (χ3n) is 2.62. The molecule has 1 atom stereocenters. The topological polar surface area (TPSA) is 55.5 Å². The smallest absolute Gasteiger partial charge is 0.171 e. The fourth-order valence-corrected chi connectivity index (χ4v) is 2.91. The minimum atomic E-state index is -1.13. The maximum Gasteiger partial charge on any atom is 0.171 e. The number of aromatic nitrogens is 1. The number of hydrogen-bond acceptors (Lipinski definition) is 4. The third-order valence-corrected chi connectivity index (χ3v) is 3.44. The zero-order valence-corrected chi connectivity index (χ0v) is 13.2.